The van der Waals surface area contributed by atoms with Crippen molar-refractivity contribution in [2.45, 2.75) is 26.4 Å². The molecule has 0 aliphatic carbocycles. The molecular formula is C11H18N4. The minimum atomic E-state index is 0.821. The van der Waals surface area contributed by atoms with Gasteiger partial charge in [0.15, 0.2) is 0 Å². The van der Waals surface area contributed by atoms with Crippen molar-refractivity contribution in [1.29, 1.82) is 0 Å². The molecule has 1 aromatic heterocycles. The van der Waals surface area contributed by atoms with Gasteiger partial charge < -0.3 is 10.2 Å². The minimum absolute atomic E-state index is 0.821. The van der Waals surface area contributed by atoms with E-state index in [0.717, 1.165) is 37.6 Å². The SMILES string of the molecule is Cc1nc(CN(C)C)nc2c1CNCC2. The topological polar surface area (TPSA) is 41.1 Å². The molecule has 1 aromatic rings. The molecule has 82 valence electrons. The standard InChI is InChI=1S/C11H18N4/c1-8-9-6-12-5-4-10(9)14-11(13-8)7-15(2)3/h12H,4-7H2,1-3H3. The van der Waals surface area contributed by atoms with Gasteiger partial charge in [0.1, 0.15) is 5.82 Å². The minimum Gasteiger partial charge on any atom is -0.312 e. The van der Waals surface area contributed by atoms with Crippen molar-refractivity contribution in [2.75, 3.05) is 20.6 Å². The van der Waals surface area contributed by atoms with E-state index in [4.69, 9.17) is 0 Å². The van der Waals surface area contributed by atoms with Crippen LogP contribution >= 0.6 is 0 Å². The Hall–Kier alpha value is -1.00. The van der Waals surface area contributed by atoms with Crippen LogP contribution < -0.4 is 5.32 Å². The van der Waals surface area contributed by atoms with Gasteiger partial charge in [-0.25, -0.2) is 9.97 Å². The van der Waals surface area contributed by atoms with Crippen molar-refractivity contribution in [3.8, 4) is 0 Å². The van der Waals surface area contributed by atoms with E-state index in [1.807, 2.05) is 14.1 Å². The van der Waals surface area contributed by atoms with Crippen molar-refractivity contribution in [3.05, 3.63) is 22.8 Å². The van der Waals surface area contributed by atoms with Crippen molar-refractivity contribution < 1.29 is 0 Å². The summed E-state index contributed by atoms with van der Waals surface area (Å²) >= 11 is 0. The summed E-state index contributed by atoms with van der Waals surface area (Å²) in [5.41, 5.74) is 3.66. The van der Waals surface area contributed by atoms with Crippen molar-refractivity contribution in [2.24, 2.45) is 0 Å². The van der Waals surface area contributed by atoms with Gasteiger partial charge in [-0.05, 0) is 21.0 Å². The zero-order valence-corrected chi connectivity index (χ0v) is 9.67. The summed E-state index contributed by atoms with van der Waals surface area (Å²) in [6.45, 7) is 4.85. The third kappa shape index (κ3) is 2.33. The number of aromatic nitrogens is 2. The molecule has 0 bridgehead atoms. The molecule has 0 radical (unpaired) electrons. The van der Waals surface area contributed by atoms with E-state index < -0.39 is 0 Å². The molecule has 0 atom stereocenters. The Morgan fingerprint density at radius 1 is 1.33 bits per heavy atom. The van der Waals surface area contributed by atoms with Gasteiger partial charge >= 0.3 is 0 Å². The summed E-state index contributed by atoms with van der Waals surface area (Å²) in [6.07, 6.45) is 1.03. The Labute approximate surface area is 90.7 Å². The number of nitrogens with one attached hydrogen (secondary N) is 1. The highest BCUT2D eigenvalue weighted by atomic mass is 15.1. The fourth-order valence-electron chi connectivity index (χ4n) is 1.93. The van der Waals surface area contributed by atoms with E-state index in [0.29, 0.717) is 0 Å². The summed E-state index contributed by atoms with van der Waals surface area (Å²) in [5.74, 6) is 0.943. The number of nitrogens with zero attached hydrogens (tertiary/aromatic N) is 3. The number of hydrogen-bond acceptors (Lipinski definition) is 4. The molecule has 1 N–H and O–H groups in total. The molecule has 2 rings (SSSR count). The van der Waals surface area contributed by atoms with Crippen LogP contribution in [-0.2, 0) is 19.5 Å². The number of rotatable bonds is 2. The second-order valence-corrected chi connectivity index (χ2v) is 4.32. The van der Waals surface area contributed by atoms with Crippen LogP contribution in [0.4, 0.5) is 0 Å². The van der Waals surface area contributed by atoms with E-state index >= 15 is 0 Å². The van der Waals surface area contributed by atoms with Crippen LogP contribution in [0.2, 0.25) is 0 Å². The molecule has 0 amide bonds. The molecule has 4 heteroatoms. The van der Waals surface area contributed by atoms with Crippen molar-refractivity contribution >= 4 is 0 Å². The zero-order valence-electron chi connectivity index (χ0n) is 9.67. The van der Waals surface area contributed by atoms with Gasteiger partial charge in [0.05, 0.1) is 12.2 Å². The number of fused-ring (bicyclic) bond motifs is 1. The van der Waals surface area contributed by atoms with Crippen LogP contribution in [0.25, 0.3) is 0 Å². The predicted molar refractivity (Wildman–Crippen MR) is 59.6 cm³/mol. The summed E-state index contributed by atoms with van der Waals surface area (Å²) < 4.78 is 0. The fourth-order valence-corrected chi connectivity index (χ4v) is 1.93. The molecule has 2 heterocycles. The zero-order chi connectivity index (χ0) is 10.8. The molecule has 0 spiro atoms. The maximum Gasteiger partial charge on any atom is 0.142 e. The average Bonchev–Trinajstić information content (AvgIpc) is 2.16. The quantitative estimate of drug-likeness (QED) is 0.764. The van der Waals surface area contributed by atoms with Gasteiger partial charge in [0.25, 0.3) is 0 Å². The Kier molecular flexibility index (Phi) is 2.98. The molecule has 0 saturated heterocycles. The van der Waals surface area contributed by atoms with Gasteiger partial charge in [-0.1, -0.05) is 0 Å². The van der Waals surface area contributed by atoms with Gasteiger partial charge in [-0.15, -0.1) is 0 Å². The third-order valence-electron chi connectivity index (χ3n) is 2.64. The van der Waals surface area contributed by atoms with E-state index in [-0.39, 0.29) is 0 Å². The van der Waals surface area contributed by atoms with Crippen LogP contribution in [0.3, 0.4) is 0 Å². The Morgan fingerprint density at radius 2 is 2.13 bits per heavy atom. The molecule has 15 heavy (non-hydrogen) atoms. The fraction of sp³-hybridized carbons (Fsp3) is 0.636. The van der Waals surface area contributed by atoms with Crippen LogP contribution in [-0.4, -0.2) is 35.5 Å². The molecular weight excluding hydrogens is 188 g/mol. The van der Waals surface area contributed by atoms with Gasteiger partial charge in [0, 0.05) is 30.8 Å². The Morgan fingerprint density at radius 3 is 2.87 bits per heavy atom. The highest BCUT2D eigenvalue weighted by molar-refractivity contribution is 5.27. The van der Waals surface area contributed by atoms with Crippen LogP contribution in [0.1, 0.15) is 22.8 Å². The third-order valence-corrected chi connectivity index (χ3v) is 2.64. The molecule has 0 saturated carbocycles. The smallest absolute Gasteiger partial charge is 0.142 e. The normalized spacial score (nSPS) is 15.5. The summed E-state index contributed by atoms with van der Waals surface area (Å²) in [6, 6.07) is 0. The van der Waals surface area contributed by atoms with E-state index in [1.54, 1.807) is 0 Å². The first kappa shape index (κ1) is 10.5. The lowest BCUT2D eigenvalue weighted by atomic mass is 10.1. The second kappa shape index (κ2) is 4.24. The summed E-state index contributed by atoms with van der Waals surface area (Å²) in [5, 5.41) is 3.35. The van der Waals surface area contributed by atoms with Crippen molar-refractivity contribution in [3.63, 3.8) is 0 Å². The van der Waals surface area contributed by atoms with Gasteiger partial charge in [0.2, 0.25) is 0 Å². The molecule has 0 aromatic carbocycles. The second-order valence-electron chi connectivity index (χ2n) is 4.32. The molecule has 4 nitrogen and oxygen atoms in total. The van der Waals surface area contributed by atoms with Gasteiger partial charge in [-0.3, -0.25) is 0 Å². The molecule has 1 aliphatic rings. The van der Waals surface area contributed by atoms with E-state index in [1.165, 1.54) is 11.3 Å². The maximum atomic E-state index is 4.62. The van der Waals surface area contributed by atoms with E-state index in [2.05, 4.69) is 27.1 Å². The largest absolute Gasteiger partial charge is 0.312 e. The maximum absolute atomic E-state index is 4.62. The first-order valence-corrected chi connectivity index (χ1v) is 5.37. The molecule has 1 aliphatic heterocycles. The van der Waals surface area contributed by atoms with E-state index in [9.17, 15) is 0 Å². The molecule has 0 unspecified atom stereocenters. The highest BCUT2D eigenvalue weighted by Crippen LogP contribution is 2.15. The monoisotopic (exact) mass is 206 g/mol. The summed E-state index contributed by atoms with van der Waals surface area (Å²) in [7, 11) is 4.08. The first-order valence-electron chi connectivity index (χ1n) is 5.37. The lowest BCUT2D eigenvalue weighted by Crippen LogP contribution is -2.27. The number of hydrogen-bond donors (Lipinski definition) is 1. The van der Waals surface area contributed by atoms with Gasteiger partial charge in [-0.2, -0.15) is 0 Å². The summed E-state index contributed by atoms with van der Waals surface area (Å²) in [4.78, 5) is 11.3. The van der Waals surface area contributed by atoms with Crippen molar-refractivity contribution in [1.82, 2.24) is 20.2 Å². The van der Waals surface area contributed by atoms with Crippen LogP contribution in [0.15, 0.2) is 0 Å². The van der Waals surface area contributed by atoms with Crippen LogP contribution in [0.5, 0.6) is 0 Å². The average molecular weight is 206 g/mol. The van der Waals surface area contributed by atoms with Crippen LogP contribution in [0, 0.1) is 6.92 Å². The highest BCUT2D eigenvalue weighted by Gasteiger charge is 2.14. The lowest BCUT2D eigenvalue weighted by molar-refractivity contribution is 0.388. The Balaban J connectivity index is 2.32. The molecule has 0 fully saturated rings. The Bertz CT molecular complexity index is 360. The number of aryl methyl sites for hydroxylation is 1. The first-order chi connectivity index (χ1) is 7.16. The predicted octanol–water partition coefficient (Wildman–Crippen LogP) is 0.492. The lowest BCUT2D eigenvalue weighted by Gasteiger charge is -2.19.